The van der Waals surface area contributed by atoms with Gasteiger partial charge in [0.25, 0.3) is 0 Å². The molecule has 5 heteroatoms. The third-order valence-corrected chi connectivity index (χ3v) is 5.27. The average Bonchev–Trinajstić information content (AvgIpc) is 3.28. The maximum absolute atomic E-state index is 4.81. The fraction of sp³-hybridized carbons (Fsp3) is 0.316. The lowest BCUT2D eigenvalue weighted by atomic mass is 10.0. The van der Waals surface area contributed by atoms with Crippen LogP contribution in [0.4, 0.5) is 5.95 Å². The van der Waals surface area contributed by atoms with E-state index in [9.17, 15) is 0 Å². The molecule has 1 aromatic heterocycles. The van der Waals surface area contributed by atoms with Crippen LogP contribution in [0.5, 0.6) is 0 Å². The smallest absolute Gasteiger partial charge is 0.203 e. The number of H-pyrrole nitrogens is 1. The van der Waals surface area contributed by atoms with Crippen molar-refractivity contribution in [3.8, 4) is 11.1 Å². The molecule has 124 valence electrons. The summed E-state index contributed by atoms with van der Waals surface area (Å²) in [5.74, 6) is 2.59. The van der Waals surface area contributed by atoms with E-state index in [2.05, 4.69) is 63.7 Å². The van der Waals surface area contributed by atoms with Crippen LogP contribution in [0.3, 0.4) is 0 Å². The number of imidazole rings is 1. The Hall–Kier alpha value is -2.04. The number of rotatable bonds is 2. The SMILES string of the molecule is Cl.c1ccc(-c2ccc3nc(N4C[C@H]5CNC[C@H]5C4)[nH]c3c2)cc1. The second-order valence-corrected chi connectivity index (χ2v) is 6.74. The highest BCUT2D eigenvalue weighted by molar-refractivity contribution is 5.85. The van der Waals surface area contributed by atoms with Crippen molar-refractivity contribution < 1.29 is 0 Å². The van der Waals surface area contributed by atoms with Gasteiger partial charge in [0.05, 0.1) is 11.0 Å². The lowest BCUT2D eigenvalue weighted by Crippen LogP contribution is -2.26. The Balaban J connectivity index is 0.00000146. The average molecular weight is 341 g/mol. The molecular weight excluding hydrogens is 320 g/mol. The van der Waals surface area contributed by atoms with Crippen molar-refractivity contribution in [2.45, 2.75) is 0 Å². The highest BCUT2D eigenvalue weighted by atomic mass is 35.5. The number of aromatic amines is 1. The molecule has 0 aliphatic carbocycles. The summed E-state index contributed by atoms with van der Waals surface area (Å²) in [6, 6.07) is 17.0. The molecule has 2 fully saturated rings. The lowest BCUT2D eigenvalue weighted by molar-refractivity contribution is 0.533. The van der Waals surface area contributed by atoms with Crippen LogP contribution >= 0.6 is 12.4 Å². The van der Waals surface area contributed by atoms with Gasteiger partial charge in [0, 0.05) is 26.2 Å². The lowest BCUT2D eigenvalue weighted by Gasteiger charge is -2.15. The third kappa shape index (κ3) is 2.56. The van der Waals surface area contributed by atoms with E-state index in [1.165, 1.54) is 11.1 Å². The van der Waals surface area contributed by atoms with Gasteiger partial charge in [-0.3, -0.25) is 0 Å². The number of benzene rings is 2. The van der Waals surface area contributed by atoms with Gasteiger partial charge in [-0.05, 0) is 35.1 Å². The van der Waals surface area contributed by atoms with Gasteiger partial charge in [0.2, 0.25) is 5.95 Å². The number of anilines is 1. The van der Waals surface area contributed by atoms with E-state index in [-0.39, 0.29) is 12.4 Å². The molecule has 0 radical (unpaired) electrons. The van der Waals surface area contributed by atoms with Crippen LogP contribution in [0.25, 0.3) is 22.2 Å². The summed E-state index contributed by atoms with van der Waals surface area (Å²) < 4.78 is 0. The van der Waals surface area contributed by atoms with E-state index in [0.29, 0.717) is 0 Å². The van der Waals surface area contributed by atoms with Crippen molar-refractivity contribution >= 4 is 29.4 Å². The normalized spacial score (nSPS) is 22.6. The van der Waals surface area contributed by atoms with Gasteiger partial charge < -0.3 is 15.2 Å². The minimum absolute atomic E-state index is 0. The topological polar surface area (TPSA) is 44.0 Å². The molecule has 2 saturated heterocycles. The van der Waals surface area contributed by atoms with Crippen molar-refractivity contribution in [3.05, 3.63) is 48.5 Å². The maximum Gasteiger partial charge on any atom is 0.203 e. The first-order valence-electron chi connectivity index (χ1n) is 8.38. The molecule has 0 amide bonds. The monoisotopic (exact) mass is 340 g/mol. The molecule has 3 aromatic rings. The number of hydrogen-bond acceptors (Lipinski definition) is 3. The van der Waals surface area contributed by atoms with Crippen molar-refractivity contribution in [2.75, 3.05) is 31.1 Å². The van der Waals surface area contributed by atoms with E-state index in [1.54, 1.807) is 0 Å². The predicted octanol–water partition coefficient (Wildman–Crippen LogP) is 3.31. The fourth-order valence-electron chi connectivity index (χ4n) is 3.98. The molecule has 3 heterocycles. The second-order valence-electron chi connectivity index (χ2n) is 6.74. The van der Waals surface area contributed by atoms with Gasteiger partial charge in [-0.25, -0.2) is 4.98 Å². The third-order valence-electron chi connectivity index (χ3n) is 5.27. The molecule has 0 unspecified atom stereocenters. The Morgan fingerprint density at radius 1 is 0.917 bits per heavy atom. The Morgan fingerprint density at radius 2 is 1.67 bits per heavy atom. The molecule has 2 atom stereocenters. The molecule has 0 saturated carbocycles. The minimum atomic E-state index is 0. The summed E-state index contributed by atoms with van der Waals surface area (Å²) in [6.07, 6.45) is 0. The standard InChI is InChI=1S/C19H20N4.ClH/c1-2-4-13(5-3-1)14-6-7-17-18(8-14)22-19(21-17)23-11-15-9-20-10-16(15)12-23;/h1-8,15-16,20H,9-12H2,(H,21,22);1H/t15-,16+;. The van der Waals surface area contributed by atoms with Crippen LogP contribution in [0.2, 0.25) is 0 Å². The number of nitrogens with zero attached hydrogens (tertiary/aromatic N) is 2. The number of fused-ring (bicyclic) bond motifs is 2. The minimum Gasteiger partial charge on any atom is -0.342 e. The summed E-state index contributed by atoms with van der Waals surface area (Å²) in [7, 11) is 0. The zero-order valence-corrected chi connectivity index (χ0v) is 14.2. The molecule has 0 bridgehead atoms. The predicted molar refractivity (Wildman–Crippen MR) is 101 cm³/mol. The summed E-state index contributed by atoms with van der Waals surface area (Å²) >= 11 is 0. The van der Waals surface area contributed by atoms with Crippen LogP contribution < -0.4 is 10.2 Å². The Morgan fingerprint density at radius 3 is 2.42 bits per heavy atom. The van der Waals surface area contributed by atoms with Crippen molar-refractivity contribution in [1.82, 2.24) is 15.3 Å². The van der Waals surface area contributed by atoms with E-state index in [1.807, 2.05) is 0 Å². The van der Waals surface area contributed by atoms with Gasteiger partial charge in [0.1, 0.15) is 0 Å². The van der Waals surface area contributed by atoms with E-state index < -0.39 is 0 Å². The highest BCUT2D eigenvalue weighted by Gasteiger charge is 2.37. The van der Waals surface area contributed by atoms with E-state index in [0.717, 1.165) is 55.0 Å². The van der Waals surface area contributed by atoms with Crippen molar-refractivity contribution in [1.29, 1.82) is 0 Å². The van der Waals surface area contributed by atoms with Gasteiger partial charge in [-0.1, -0.05) is 36.4 Å². The van der Waals surface area contributed by atoms with Crippen LogP contribution in [0.1, 0.15) is 0 Å². The molecule has 2 N–H and O–H groups in total. The number of aromatic nitrogens is 2. The highest BCUT2D eigenvalue weighted by Crippen LogP contribution is 2.31. The maximum atomic E-state index is 4.81. The number of hydrogen-bond donors (Lipinski definition) is 2. The van der Waals surface area contributed by atoms with Gasteiger partial charge >= 0.3 is 0 Å². The summed E-state index contributed by atoms with van der Waals surface area (Å²) in [5, 5.41) is 3.49. The number of nitrogens with one attached hydrogen (secondary N) is 2. The molecule has 0 spiro atoms. The molecule has 2 aliphatic heterocycles. The summed E-state index contributed by atoms with van der Waals surface area (Å²) in [4.78, 5) is 10.8. The van der Waals surface area contributed by atoms with Crippen molar-refractivity contribution in [3.63, 3.8) is 0 Å². The first kappa shape index (κ1) is 15.5. The van der Waals surface area contributed by atoms with Gasteiger partial charge in [-0.2, -0.15) is 0 Å². The molecule has 4 nitrogen and oxygen atoms in total. The molecular formula is C19H21ClN4. The summed E-state index contributed by atoms with van der Waals surface area (Å²) in [5.41, 5.74) is 4.65. The Bertz CT molecular complexity index is 833. The van der Waals surface area contributed by atoms with Crippen LogP contribution in [-0.4, -0.2) is 36.1 Å². The Kier molecular flexibility index (Phi) is 3.94. The largest absolute Gasteiger partial charge is 0.342 e. The molecule has 5 rings (SSSR count). The van der Waals surface area contributed by atoms with E-state index >= 15 is 0 Å². The number of halogens is 1. The molecule has 2 aliphatic rings. The first-order valence-corrected chi connectivity index (χ1v) is 8.38. The summed E-state index contributed by atoms with van der Waals surface area (Å²) in [6.45, 7) is 4.53. The fourth-order valence-corrected chi connectivity index (χ4v) is 3.98. The zero-order chi connectivity index (χ0) is 15.2. The molecule has 24 heavy (non-hydrogen) atoms. The van der Waals surface area contributed by atoms with Crippen molar-refractivity contribution in [2.24, 2.45) is 11.8 Å². The van der Waals surface area contributed by atoms with Gasteiger partial charge in [0.15, 0.2) is 0 Å². The second kappa shape index (κ2) is 6.11. The van der Waals surface area contributed by atoms with Crippen LogP contribution in [0.15, 0.2) is 48.5 Å². The van der Waals surface area contributed by atoms with Crippen LogP contribution in [-0.2, 0) is 0 Å². The molecule has 2 aromatic carbocycles. The van der Waals surface area contributed by atoms with E-state index in [4.69, 9.17) is 4.98 Å². The van der Waals surface area contributed by atoms with Gasteiger partial charge in [-0.15, -0.1) is 12.4 Å². The zero-order valence-electron chi connectivity index (χ0n) is 13.4. The Labute approximate surface area is 147 Å². The van der Waals surface area contributed by atoms with Crippen LogP contribution in [0, 0.1) is 11.8 Å². The first-order chi connectivity index (χ1) is 11.4. The quantitative estimate of drug-likeness (QED) is 0.752.